The van der Waals surface area contributed by atoms with E-state index in [0.29, 0.717) is 10.9 Å². The number of hydrogen-bond acceptors (Lipinski definition) is 4. The smallest absolute Gasteiger partial charge is 0.311 e. The molecule has 36 heavy (non-hydrogen) atoms. The van der Waals surface area contributed by atoms with Crippen molar-refractivity contribution in [1.29, 1.82) is 0 Å². The second kappa shape index (κ2) is 11.0. The van der Waals surface area contributed by atoms with E-state index in [1.165, 1.54) is 6.08 Å². The summed E-state index contributed by atoms with van der Waals surface area (Å²) in [6.07, 6.45) is 4.92. The molecule has 0 spiro atoms. The summed E-state index contributed by atoms with van der Waals surface area (Å²) in [5.74, 6) is -1.34. The maximum absolute atomic E-state index is 13.0. The molecule has 1 heterocycles. The molecule has 0 unspecified atom stereocenters. The Morgan fingerprint density at radius 2 is 1.69 bits per heavy atom. The van der Waals surface area contributed by atoms with E-state index in [0.717, 1.165) is 21.1 Å². The average Bonchev–Trinajstić information content (AvgIpc) is 3.12. The van der Waals surface area contributed by atoms with Crippen LogP contribution >= 0.6 is 15.9 Å². The van der Waals surface area contributed by atoms with Gasteiger partial charge in [-0.25, -0.2) is 0 Å². The molecule has 2 amide bonds. The Bertz CT molecular complexity index is 1520. The average molecular weight is 543 g/mol. The first-order valence-corrected chi connectivity index (χ1v) is 11.9. The van der Waals surface area contributed by atoms with Gasteiger partial charge in [0.1, 0.15) is 5.70 Å². The van der Waals surface area contributed by atoms with Crippen molar-refractivity contribution in [1.82, 2.24) is 9.88 Å². The zero-order chi connectivity index (χ0) is 25.7. The zero-order valence-electron chi connectivity index (χ0n) is 19.6. The van der Waals surface area contributed by atoms with E-state index in [1.807, 2.05) is 43.3 Å². The molecule has 0 aliphatic rings. The fourth-order valence-corrected chi connectivity index (χ4v) is 4.34. The molecule has 0 saturated carbocycles. The van der Waals surface area contributed by atoms with Crippen LogP contribution in [-0.2, 0) is 11.8 Å². The fourth-order valence-electron chi connectivity index (χ4n) is 3.76. The summed E-state index contributed by atoms with van der Waals surface area (Å²) in [7, 11) is 1.71. The van der Waals surface area contributed by atoms with Gasteiger partial charge in [0.15, 0.2) is 5.69 Å². The van der Waals surface area contributed by atoms with Crippen LogP contribution in [0.3, 0.4) is 0 Å². The van der Waals surface area contributed by atoms with E-state index < -0.39 is 11.8 Å². The van der Waals surface area contributed by atoms with E-state index in [1.54, 1.807) is 60.2 Å². The van der Waals surface area contributed by atoms with Gasteiger partial charge in [0, 0.05) is 22.5 Å². The molecule has 0 atom stereocenters. The molecule has 180 valence electrons. The highest BCUT2D eigenvalue weighted by Gasteiger charge is 2.18. The lowest BCUT2D eigenvalue weighted by Gasteiger charge is -2.06. The Morgan fingerprint density at radius 1 is 1.03 bits per heavy atom. The minimum absolute atomic E-state index is 0.0585. The predicted molar refractivity (Wildman–Crippen MR) is 144 cm³/mol. The number of halogens is 1. The number of fused-ring (bicyclic) bond motifs is 1. The largest absolute Gasteiger partial charge is 0.493 e. The van der Waals surface area contributed by atoms with Gasteiger partial charge >= 0.3 is 5.91 Å². The third kappa shape index (κ3) is 5.50. The molecule has 1 aromatic heterocycles. The van der Waals surface area contributed by atoms with Crippen molar-refractivity contribution in [2.45, 2.75) is 6.92 Å². The second-order valence-electron chi connectivity index (χ2n) is 8.03. The van der Waals surface area contributed by atoms with Crippen molar-refractivity contribution in [3.63, 3.8) is 0 Å². The molecular formula is C28H23BrN4O3. The monoisotopic (exact) mass is 542 g/mol. The first-order chi connectivity index (χ1) is 17.3. The van der Waals surface area contributed by atoms with Crippen molar-refractivity contribution >= 4 is 50.4 Å². The quantitative estimate of drug-likeness (QED) is 0.163. The number of carbonyl (C=O) groups excluding carboxylic acids is 2. The fraction of sp³-hybridized carbons (Fsp3) is 0.0714. The summed E-state index contributed by atoms with van der Waals surface area (Å²) in [6.45, 7) is 1.91. The van der Waals surface area contributed by atoms with Crippen LogP contribution in [0.1, 0.15) is 21.5 Å². The molecule has 4 rings (SSSR count). The topological polar surface area (TPSA) is 96.1 Å². The normalized spacial score (nSPS) is 12.0. The van der Waals surface area contributed by atoms with Crippen LogP contribution in [0.5, 0.6) is 5.88 Å². The molecule has 0 radical (unpaired) electrons. The van der Waals surface area contributed by atoms with Crippen LogP contribution in [0.4, 0.5) is 5.69 Å². The molecule has 4 aromatic rings. The van der Waals surface area contributed by atoms with Gasteiger partial charge in [-0.15, -0.1) is 10.2 Å². The van der Waals surface area contributed by atoms with Crippen molar-refractivity contribution in [2.24, 2.45) is 17.3 Å². The third-order valence-corrected chi connectivity index (χ3v) is 5.95. The van der Waals surface area contributed by atoms with Crippen molar-refractivity contribution in [2.75, 3.05) is 0 Å². The molecule has 7 nitrogen and oxygen atoms in total. The number of hydrogen-bond donors (Lipinski definition) is 2. The Balaban J connectivity index is 1.67. The maximum Gasteiger partial charge on any atom is 0.311 e. The number of amides is 2. The van der Waals surface area contributed by atoms with Gasteiger partial charge in [-0.3, -0.25) is 9.59 Å². The number of nitrogens with one attached hydrogen (secondary N) is 1. The number of azo groups is 1. The summed E-state index contributed by atoms with van der Waals surface area (Å²) in [5.41, 5.74) is 3.13. The maximum atomic E-state index is 13.0. The van der Waals surface area contributed by atoms with Gasteiger partial charge in [0.05, 0.1) is 5.52 Å². The van der Waals surface area contributed by atoms with Crippen LogP contribution in [-0.4, -0.2) is 21.5 Å². The molecule has 0 fully saturated rings. The Morgan fingerprint density at radius 3 is 2.39 bits per heavy atom. The number of nitrogens with zero attached hydrogens (tertiary/aromatic N) is 3. The summed E-state index contributed by atoms with van der Waals surface area (Å²) >= 11 is 3.46. The lowest BCUT2D eigenvalue weighted by Crippen LogP contribution is -2.26. The van der Waals surface area contributed by atoms with Gasteiger partial charge in [-0.05, 0) is 48.4 Å². The summed E-state index contributed by atoms with van der Waals surface area (Å²) in [4.78, 5) is 25.8. The summed E-state index contributed by atoms with van der Waals surface area (Å²) in [5, 5.41) is 21.8. The van der Waals surface area contributed by atoms with E-state index in [4.69, 9.17) is 0 Å². The highest BCUT2D eigenvalue weighted by Crippen LogP contribution is 2.40. The van der Waals surface area contributed by atoms with Crippen LogP contribution in [0.15, 0.2) is 105 Å². The van der Waals surface area contributed by atoms with Crippen molar-refractivity contribution in [3.8, 4) is 5.88 Å². The Hall–Kier alpha value is -4.30. The lowest BCUT2D eigenvalue weighted by atomic mass is 10.1. The van der Waals surface area contributed by atoms with Gasteiger partial charge in [0.2, 0.25) is 5.88 Å². The molecule has 3 aromatic carbocycles. The highest BCUT2D eigenvalue weighted by molar-refractivity contribution is 9.10. The minimum atomic E-state index is -0.764. The van der Waals surface area contributed by atoms with Crippen LogP contribution in [0, 0.1) is 6.92 Å². The van der Waals surface area contributed by atoms with Crippen LogP contribution < -0.4 is 5.32 Å². The summed E-state index contributed by atoms with van der Waals surface area (Å²) in [6, 6.07) is 21.8. The number of aryl methyl sites for hydroxylation is 2. The first kappa shape index (κ1) is 24.8. The number of carbonyl (C=O) groups is 2. The minimum Gasteiger partial charge on any atom is -0.493 e. The lowest BCUT2D eigenvalue weighted by molar-refractivity contribution is -0.115. The number of rotatable bonds is 6. The van der Waals surface area contributed by atoms with Gasteiger partial charge in [0.25, 0.3) is 5.91 Å². The van der Waals surface area contributed by atoms with Gasteiger partial charge in [-0.2, -0.15) is 0 Å². The van der Waals surface area contributed by atoms with Crippen LogP contribution in [0.25, 0.3) is 17.0 Å². The zero-order valence-corrected chi connectivity index (χ0v) is 21.2. The Labute approximate surface area is 216 Å². The van der Waals surface area contributed by atoms with E-state index in [-0.39, 0.29) is 17.3 Å². The molecule has 2 N–H and O–H groups in total. The van der Waals surface area contributed by atoms with E-state index >= 15 is 0 Å². The van der Waals surface area contributed by atoms with Crippen LogP contribution in [0.2, 0.25) is 0 Å². The van der Waals surface area contributed by atoms with Gasteiger partial charge in [-0.1, -0.05) is 76.6 Å². The second-order valence-corrected chi connectivity index (χ2v) is 8.94. The van der Waals surface area contributed by atoms with E-state index in [9.17, 15) is 14.7 Å². The highest BCUT2D eigenvalue weighted by atomic mass is 79.9. The Kier molecular flexibility index (Phi) is 7.56. The third-order valence-electron chi connectivity index (χ3n) is 5.49. The van der Waals surface area contributed by atoms with Crippen molar-refractivity contribution in [3.05, 3.63) is 112 Å². The number of aromatic hydroxyl groups is 1. The molecule has 0 aliphatic carbocycles. The molecule has 0 bridgehead atoms. The SMILES string of the molecule is Cc1cc(Br)cc2c(N=NC(=O)/C(=C\C=C/c3ccccc3)NC(=O)c3ccccc3)c(O)n(C)c12. The molecule has 8 heteroatoms. The number of benzene rings is 3. The predicted octanol–water partition coefficient (Wildman–Crippen LogP) is 6.59. The number of aromatic nitrogens is 1. The number of allylic oxidation sites excluding steroid dienone is 2. The molecule has 0 aliphatic heterocycles. The molecule has 0 saturated heterocycles. The summed E-state index contributed by atoms with van der Waals surface area (Å²) < 4.78 is 2.40. The molecular weight excluding hydrogens is 520 g/mol. The van der Waals surface area contributed by atoms with Crippen molar-refractivity contribution < 1.29 is 14.7 Å². The van der Waals surface area contributed by atoms with Gasteiger partial charge < -0.3 is 15.0 Å². The standard InChI is InChI=1S/C28H23BrN4O3/c1-18-16-21(29)17-22-24(28(36)33(2)25(18)22)31-32-27(35)23(15-9-12-19-10-5-3-6-11-19)30-26(34)20-13-7-4-8-14-20/h3-17,36H,1-2H3,(H,30,34)/b12-9-,23-15+,32-31?. The first-order valence-electron chi connectivity index (χ1n) is 11.1. The van der Waals surface area contributed by atoms with E-state index in [2.05, 4.69) is 31.5 Å².